The Morgan fingerprint density at radius 2 is 1.62 bits per heavy atom. The average molecular weight is 292 g/mol. The Labute approximate surface area is 100.0 Å². The summed E-state index contributed by atoms with van der Waals surface area (Å²) in [6.45, 7) is 1.42. The molecule has 96 valence electrons. The first-order valence-corrected chi connectivity index (χ1v) is 8.88. The van der Waals surface area contributed by atoms with Crippen molar-refractivity contribution in [1.82, 2.24) is 4.31 Å². The van der Waals surface area contributed by atoms with Crippen LogP contribution in [0.3, 0.4) is 0 Å². The molecule has 0 aromatic heterocycles. The van der Waals surface area contributed by atoms with E-state index in [2.05, 4.69) is 0 Å². The Kier molecular flexibility index (Phi) is 4.99. The molecule has 0 unspecified atom stereocenters. The smallest absolute Gasteiger partial charge is 0.232 e. The van der Waals surface area contributed by atoms with E-state index in [0.29, 0.717) is 26.3 Å². The minimum atomic E-state index is -3.61. The van der Waals surface area contributed by atoms with E-state index in [1.807, 2.05) is 0 Å². The molecule has 1 aliphatic heterocycles. The van der Waals surface area contributed by atoms with Crippen LogP contribution in [-0.4, -0.2) is 58.9 Å². The van der Waals surface area contributed by atoms with Crippen LogP contribution in [0, 0.1) is 0 Å². The fraction of sp³-hybridized carbons (Fsp3) is 1.00. The molecule has 1 aliphatic rings. The third-order valence-corrected chi connectivity index (χ3v) is 5.35. The molecule has 0 atom stereocenters. The summed E-state index contributed by atoms with van der Waals surface area (Å²) in [6, 6.07) is 0. The minimum Gasteiger partial charge on any atom is -0.379 e. The lowest BCUT2D eigenvalue weighted by Crippen LogP contribution is -2.41. The minimum absolute atomic E-state index is 0.0194. The van der Waals surface area contributed by atoms with Crippen LogP contribution >= 0.6 is 10.7 Å². The molecular weight excluding hydrogens is 278 g/mol. The molecule has 1 fully saturated rings. The highest BCUT2D eigenvalue weighted by Crippen LogP contribution is 2.08. The molecule has 0 N–H and O–H groups in total. The molecule has 1 heterocycles. The quantitative estimate of drug-likeness (QED) is 0.644. The predicted molar refractivity (Wildman–Crippen MR) is 60.4 cm³/mol. The zero-order chi connectivity index (χ0) is 12.2. The Balaban J connectivity index is 2.45. The number of nitrogens with zero attached hydrogens (tertiary/aromatic N) is 1. The summed E-state index contributed by atoms with van der Waals surface area (Å²) in [5.74, 6) is -0.517. The van der Waals surface area contributed by atoms with E-state index in [0.717, 1.165) is 0 Å². The van der Waals surface area contributed by atoms with Gasteiger partial charge in [-0.3, -0.25) is 0 Å². The third-order valence-electron chi connectivity index (χ3n) is 2.15. The fourth-order valence-electron chi connectivity index (χ4n) is 1.37. The lowest BCUT2D eigenvalue weighted by atomic mass is 10.5. The van der Waals surface area contributed by atoms with Crippen molar-refractivity contribution in [3.8, 4) is 0 Å². The van der Waals surface area contributed by atoms with Crippen molar-refractivity contribution < 1.29 is 21.6 Å². The van der Waals surface area contributed by atoms with Gasteiger partial charge in [0.1, 0.15) is 0 Å². The van der Waals surface area contributed by atoms with E-state index >= 15 is 0 Å². The van der Waals surface area contributed by atoms with Crippen molar-refractivity contribution in [2.45, 2.75) is 6.42 Å². The molecule has 0 aromatic rings. The Bertz CT molecular complexity index is 412. The largest absolute Gasteiger partial charge is 0.379 e. The third kappa shape index (κ3) is 4.96. The van der Waals surface area contributed by atoms with E-state index in [4.69, 9.17) is 15.4 Å². The Hall–Kier alpha value is 0.110. The molecular formula is C7H14ClNO5S2. The second-order valence-corrected chi connectivity index (χ2v) is 8.41. The van der Waals surface area contributed by atoms with Crippen LogP contribution in [0.4, 0.5) is 0 Å². The van der Waals surface area contributed by atoms with Crippen LogP contribution in [0.5, 0.6) is 0 Å². The van der Waals surface area contributed by atoms with E-state index < -0.39 is 19.1 Å². The molecule has 0 bridgehead atoms. The van der Waals surface area contributed by atoms with Crippen LogP contribution in [0.1, 0.15) is 6.42 Å². The van der Waals surface area contributed by atoms with Crippen molar-refractivity contribution in [1.29, 1.82) is 0 Å². The van der Waals surface area contributed by atoms with Gasteiger partial charge in [-0.05, 0) is 6.42 Å². The van der Waals surface area contributed by atoms with Gasteiger partial charge in [-0.15, -0.1) is 0 Å². The van der Waals surface area contributed by atoms with Gasteiger partial charge in [0.25, 0.3) is 0 Å². The topological polar surface area (TPSA) is 80.8 Å². The molecule has 1 saturated heterocycles. The summed E-state index contributed by atoms with van der Waals surface area (Å²) in [7, 11) is -2.00. The number of halogens is 1. The highest BCUT2D eigenvalue weighted by atomic mass is 35.7. The summed E-state index contributed by atoms with van der Waals surface area (Å²) in [5.41, 5.74) is 0. The van der Waals surface area contributed by atoms with Crippen molar-refractivity contribution in [3.63, 3.8) is 0 Å². The molecule has 0 radical (unpaired) electrons. The van der Waals surface area contributed by atoms with Crippen LogP contribution in [0.2, 0.25) is 0 Å². The summed E-state index contributed by atoms with van der Waals surface area (Å²) in [4.78, 5) is 0. The Morgan fingerprint density at radius 1 is 1.06 bits per heavy atom. The van der Waals surface area contributed by atoms with E-state index in [-0.39, 0.29) is 17.9 Å². The van der Waals surface area contributed by atoms with E-state index in [1.54, 1.807) is 0 Å². The summed E-state index contributed by atoms with van der Waals surface area (Å²) < 4.78 is 51.0. The van der Waals surface area contributed by atoms with Gasteiger partial charge in [0.15, 0.2) is 0 Å². The van der Waals surface area contributed by atoms with Crippen molar-refractivity contribution in [2.75, 3.05) is 37.8 Å². The molecule has 16 heavy (non-hydrogen) atoms. The zero-order valence-corrected chi connectivity index (χ0v) is 11.0. The normalized spacial score (nSPS) is 19.8. The van der Waals surface area contributed by atoms with Crippen LogP contribution in [-0.2, 0) is 23.8 Å². The number of rotatable bonds is 5. The van der Waals surface area contributed by atoms with Gasteiger partial charge in [-0.1, -0.05) is 0 Å². The molecule has 6 nitrogen and oxygen atoms in total. The van der Waals surface area contributed by atoms with Gasteiger partial charge in [-0.25, -0.2) is 16.8 Å². The van der Waals surface area contributed by atoms with Crippen LogP contribution in [0.15, 0.2) is 0 Å². The summed E-state index contributed by atoms with van der Waals surface area (Å²) >= 11 is 0. The van der Waals surface area contributed by atoms with Gasteiger partial charge >= 0.3 is 0 Å². The fourth-order valence-corrected chi connectivity index (χ4v) is 3.84. The van der Waals surface area contributed by atoms with Crippen LogP contribution < -0.4 is 0 Å². The number of hydrogen-bond donors (Lipinski definition) is 0. The number of ether oxygens (including phenoxy) is 1. The monoisotopic (exact) mass is 291 g/mol. The molecule has 0 spiro atoms. The van der Waals surface area contributed by atoms with Gasteiger partial charge in [0.05, 0.1) is 24.7 Å². The SMILES string of the molecule is O=S(=O)(Cl)CCCS(=O)(=O)N1CCOCC1. The van der Waals surface area contributed by atoms with E-state index in [1.165, 1.54) is 4.31 Å². The standard InChI is InChI=1S/C7H14ClNO5S2/c8-15(10,11)6-1-7-16(12,13)9-2-4-14-5-3-9/h1-7H2. The van der Waals surface area contributed by atoms with Gasteiger partial charge in [-0.2, -0.15) is 4.31 Å². The van der Waals surface area contributed by atoms with Crippen molar-refractivity contribution >= 4 is 29.8 Å². The summed E-state index contributed by atoms with van der Waals surface area (Å²) in [5, 5.41) is 0. The first kappa shape index (κ1) is 14.2. The second kappa shape index (κ2) is 5.63. The maximum atomic E-state index is 11.7. The van der Waals surface area contributed by atoms with E-state index in [9.17, 15) is 16.8 Å². The van der Waals surface area contributed by atoms with Crippen molar-refractivity contribution in [2.24, 2.45) is 0 Å². The lowest BCUT2D eigenvalue weighted by Gasteiger charge is -2.25. The van der Waals surface area contributed by atoms with Gasteiger partial charge in [0.2, 0.25) is 19.1 Å². The Morgan fingerprint density at radius 3 is 2.12 bits per heavy atom. The lowest BCUT2D eigenvalue weighted by molar-refractivity contribution is 0.0730. The molecule has 0 amide bonds. The highest BCUT2D eigenvalue weighted by Gasteiger charge is 2.24. The van der Waals surface area contributed by atoms with Crippen LogP contribution in [0.25, 0.3) is 0 Å². The first-order valence-electron chi connectivity index (χ1n) is 4.79. The van der Waals surface area contributed by atoms with Crippen molar-refractivity contribution in [3.05, 3.63) is 0 Å². The first-order chi connectivity index (χ1) is 7.31. The maximum Gasteiger partial charge on any atom is 0.232 e. The molecule has 9 heteroatoms. The molecule has 0 aromatic carbocycles. The highest BCUT2D eigenvalue weighted by molar-refractivity contribution is 8.13. The second-order valence-electron chi connectivity index (χ2n) is 3.42. The predicted octanol–water partition coefficient (Wildman–Crippen LogP) is -0.393. The van der Waals surface area contributed by atoms with Gasteiger partial charge in [0, 0.05) is 23.8 Å². The zero-order valence-electron chi connectivity index (χ0n) is 8.63. The number of hydrogen-bond acceptors (Lipinski definition) is 5. The molecule has 1 rings (SSSR count). The number of sulfonamides is 1. The molecule has 0 aliphatic carbocycles. The maximum absolute atomic E-state index is 11.7. The molecule has 0 saturated carbocycles. The average Bonchev–Trinajstić information content (AvgIpc) is 2.17. The van der Waals surface area contributed by atoms with Gasteiger partial charge < -0.3 is 4.74 Å². The number of morpholine rings is 1. The summed E-state index contributed by atoms with van der Waals surface area (Å²) in [6.07, 6.45) is 0.0194.